The van der Waals surface area contributed by atoms with E-state index < -0.39 is 11.7 Å². The quantitative estimate of drug-likeness (QED) is 0.124. The lowest BCUT2D eigenvalue weighted by Crippen LogP contribution is -2.37. The van der Waals surface area contributed by atoms with Gasteiger partial charge in [-0.3, -0.25) is 14.4 Å². The van der Waals surface area contributed by atoms with Crippen LogP contribution >= 0.6 is 35.3 Å². The van der Waals surface area contributed by atoms with Gasteiger partial charge in [0.2, 0.25) is 17.7 Å². The largest absolute Gasteiger partial charge is 0.417 e. The van der Waals surface area contributed by atoms with Crippen LogP contribution in [0.15, 0.2) is 106 Å². The van der Waals surface area contributed by atoms with Crippen LogP contribution in [0.3, 0.4) is 0 Å². The monoisotopic (exact) mass is 1050 g/mol. The molecule has 384 valence electrons. The number of thioether (sulfide) groups is 3. The molecule has 0 bridgehead atoms. The zero-order valence-corrected chi connectivity index (χ0v) is 45.6. The van der Waals surface area contributed by atoms with E-state index in [9.17, 15) is 27.6 Å². The zero-order chi connectivity index (χ0) is 52.4. The maximum Gasteiger partial charge on any atom is 0.417 e. The van der Waals surface area contributed by atoms with Crippen molar-refractivity contribution in [2.45, 2.75) is 122 Å². The standard InChI is InChI=1S/C20H21F3N2OS.2C19H22N2OS/c1-3-14-10-16(20(21,22)23)11-24-19(14)27-12-17(26)25-9-5-8-15-7-4-6-13(2)18(15)25;1-13-9-10-20-19(15(13)3)23-12-17(22)21-11-5-8-16-7-4-6-14(2)18(16)21;1-13-6-4-7-16-8-5-9-21(19(13)16)18(22)12-23-17-10-14(2)15(3)11-20-17/h4,6-7,10-11H,3,5,8-9,12H2,1-2H3;4,6-7,9-10H,5,8,11-12H2,1-3H3;4,6-7,10-11H,5,8-9,12H2,1-3H3. The Morgan fingerprint density at radius 2 is 1.00 bits per heavy atom. The van der Waals surface area contributed by atoms with Gasteiger partial charge in [0.1, 0.15) is 0 Å². The fourth-order valence-corrected chi connectivity index (χ4v) is 12.1. The number of benzene rings is 3. The lowest BCUT2D eigenvalue weighted by molar-refractivity contribution is -0.138. The number of carbonyl (C=O) groups excluding carboxylic acids is 3. The molecule has 0 aliphatic carbocycles. The summed E-state index contributed by atoms with van der Waals surface area (Å²) in [6.07, 6.45) is 6.61. The second kappa shape index (κ2) is 25.1. The molecule has 3 aromatic carbocycles. The molecule has 0 fully saturated rings. The highest BCUT2D eigenvalue weighted by molar-refractivity contribution is 8.00. The van der Waals surface area contributed by atoms with Gasteiger partial charge in [0.05, 0.1) is 37.9 Å². The van der Waals surface area contributed by atoms with Crippen molar-refractivity contribution in [3.8, 4) is 0 Å². The van der Waals surface area contributed by atoms with E-state index in [1.807, 2.05) is 53.4 Å². The van der Waals surface area contributed by atoms with E-state index in [0.29, 0.717) is 35.1 Å². The maximum atomic E-state index is 12.9. The number of hydrogen-bond acceptors (Lipinski definition) is 9. The van der Waals surface area contributed by atoms with E-state index in [1.165, 1.54) is 73.6 Å². The molecule has 3 aromatic heterocycles. The molecule has 3 aliphatic heterocycles. The topological polar surface area (TPSA) is 99.6 Å². The van der Waals surface area contributed by atoms with Crippen LogP contribution in [0.4, 0.5) is 30.2 Å². The summed E-state index contributed by atoms with van der Waals surface area (Å²) in [6, 6.07) is 23.8. The fraction of sp³-hybridized carbons (Fsp3) is 0.379. The van der Waals surface area contributed by atoms with Crippen LogP contribution in [-0.4, -0.2) is 69.6 Å². The number of hydrogen-bond donors (Lipinski definition) is 0. The molecular weight excluding hydrogens is 982 g/mol. The van der Waals surface area contributed by atoms with Crippen molar-refractivity contribution in [1.29, 1.82) is 0 Å². The van der Waals surface area contributed by atoms with Crippen LogP contribution in [0.1, 0.15) is 92.9 Å². The molecule has 6 aromatic rings. The highest BCUT2D eigenvalue weighted by Crippen LogP contribution is 2.36. The number of amides is 3. The van der Waals surface area contributed by atoms with Crippen molar-refractivity contribution in [2.75, 3.05) is 51.6 Å². The molecule has 9 rings (SSSR count). The van der Waals surface area contributed by atoms with Gasteiger partial charge in [-0.05, 0) is 173 Å². The molecule has 0 saturated heterocycles. The second-order valence-corrected chi connectivity index (χ2v) is 21.7. The smallest absolute Gasteiger partial charge is 0.311 e. The van der Waals surface area contributed by atoms with Gasteiger partial charge in [-0.25, -0.2) is 15.0 Å². The molecule has 15 heteroatoms. The van der Waals surface area contributed by atoms with Crippen molar-refractivity contribution in [1.82, 2.24) is 15.0 Å². The van der Waals surface area contributed by atoms with Crippen molar-refractivity contribution < 1.29 is 27.6 Å². The molecule has 0 N–H and O–H groups in total. The van der Waals surface area contributed by atoms with Crippen molar-refractivity contribution in [3.05, 3.63) is 158 Å². The van der Waals surface area contributed by atoms with Crippen LogP contribution in [0.5, 0.6) is 0 Å². The molecule has 73 heavy (non-hydrogen) atoms. The van der Waals surface area contributed by atoms with Crippen LogP contribution in [0, 0.1) is 48.5 Å². The molecule has 0 atom stereocenters. The fourth-order valence-electron chi connectivity index (χ4n) is 9.39. The third-order valence-electron chi connectivity index (χ3n) is 13.6. The zero-order valence-electron chi connectivity index (χ0n) is 43.1. The number of halogens is 3. The van der Waals surface area contributed by atoms with Gasteiger partial charge in [0, 0.05) is 55.3 Å². The first-order valence-corrected chi connectivity index (χ1v) is 27.9. The Hall–Kier alpha value is -5.64. The van der Waals surface area contributed by atoms with Crippen molar-refractivity contribution >= 4 is 70.1 Å². The van der Waals surface area contributed by atoms with Gasteiger partial charge in [0.25, 0.3) is 0 Å². The number of para-hydroxylation sites is 3. The Balaban J connectivity index is 0.000000161. The first-order valence-electron chi connectivity index (χ1n) is 24.9. The van der Waals surface area contributed by atoms with Crippen molar-refractivity contribution in [2.24, 2.45) is 0 Å². The number of aromatic nitrogens is 3. The number of anilines is 3. The molecule has 6 heterocycles. The summed E-state index contributed by atoms with van der Waals surface area (Å²) in [7, 11) is 0. The third kappa shape index (κ3) is 13.8. The Bertz CT molecular complexity index is 2970. The van der Waals surface area contributed by atoms with Gasteiger partial charge >= 0.3 is 6.18 Å². The average Bonchev–Trinajstić information content (AvgIpc) is 3.38. The second-order valence-electron chi connectivity index (χ2n) is 18.8. The minimum atomic E-state index is -4.41. The summed E-state index contributed by atoms with van der Waals surface area (Å²) >= 11 is 4.27. The van der Waals surface area contributed by atoms with Crippen LogP contribution < -0.4 is 14.7 Å². The molecule has 3 amide bonds. The molecule has 0 saturated carbocycles. The van der Waals surface area contributed by atoms with Gasteiger partial charge in [0.15, 0.2) is 0 Å². The Labute approximate surface area is 441 Å². The number of carbonyl (C=O) groups is 3. The maximum absolute atomic E-state index is 12.9. The first kappa shape index (κ1) is 55.1. The molecule has 0 radical (unpaired) electrons. The minimum absolute atomic E-state index is 0.0426. The first-order chi connectivity index (χ1) is 34.9. The van der Waals surface area contributed by atoms with Crippen LogP contribution in [-0.2, 0) is 46.2 Å². The normalized spacial score (nSPS) is 13.9. The number of rotatable bonds is 10. The predicted octanol–water partition coefficient (Wildman–Crippen LogP) is 13.2. The summed E-state index contributed by atoms with van der Waals surface area (Å²) in [6.45, 7) is 18.5. The summed E-state index contributed by atoms with van der Waals surface area (Å²) in [5.41, 5.74) is 14.9. The lowest BCUT2D eigenvalue weighted by Gasteiger charge is -2.31. The number of fused-ring (bicyclic) bond motifs is 3. The van der Waals surface area contributed by atoms with E-state index in [4.69, 9.17) is 0 Å². The Kier molecular flexibility index (Phi) is 18.9. The molecular formula is C58H65F3N6O3S3. The van der Waals surface area contributed by atoms with E-state index in [-0.39, 0.29) is 23.5 Å². The highest BCUT2D eigenvalue weighted by atomic mass is 32.2. The highest BCUT2D eigenvalue weighted by Gasteiger charge is 2.32. The number of aryl methyl sites for hydroxylation is 10. The third-order valence-corrected chi connectivity index (χ3v) is 16.6. The molecule has 3 aliphatic rings. The van der Waals surface area contributed by atoms with Crippen LogP contribution in [0.2, 0.25) is 0 Å². The predicted molar refractivity (Wildman–Crippen MR) is 294 cm³/mol. The van der Waals surface area contributed by atoms with E-state index in [1.54, 1.807) is 23.6 Å². The number of alkyl halides is 3. The molecule has 0 spiro atoms. The summed E-state index contributed by atoms with van der Waals surface area (Å²) in [5.74, 6) is 1.32. The lowest BCUT2D eigenvalue weighted by atomic mass is 9.98. The summed E-state index contributed by atoms with van der Waals surface area (Å²) in [4.78, 5) is 56.8. The summed E-state index contributed by atoms with van der Waals surface area (Å²) < 4.78 is 38.6. The van der Waals surface area contributed by atoms with Gasteiger partial charge < -0.3 is 14.7 Å². The van der Waals surface area contributed by atoms with Crippen LogP contribution in [0.25, 0.3) is 0 Å². The van der Waals surface area contributed by atoms with E-state index >= 15 is 0 Å². The van der Waals surface area contributed by atoms with Crippen molar-refractivity contribution in [3.63, 3.8) is 0 Å². The number of nitrogens with zero attached hydrogens (tertiary/aromatic N) is 6. The van der Waals surface area contributed by atoms with E-state index in [0.717, 1.165) is 96.6 Å². The van der Waals surface area contributed by atoms with Gasteiger partial charge in [-0.1, -0.05) is 96.8 Å². The van der Waals surface area contributed by atoms with E-state index in [2.05, 4.69) is 99.0 Å². The van der Waals surface area contributed by atoms with Gasteiger partial charge in [-0.2, -0.15) is 13.2 Å². The average molecular weight is 1050 g/mol. The minimum Gasteiger partial charge on any atom is -0.311 e. The van der Waals surface area contributed by atoms with Gasteiger partial charge in [-0.15, -0.1) is 0 Å². The SMILES string of the molecule is CCc1cc(C(F)(F)F)cnc1SCC(=O)N1CCCc2cccc(C)c21.Cc1ccnc(SCC(=O)N2CCCc3cccc(C)c32)c1C.Cc1cnc(SCC(=O)N2CCCc3cccc(C)c32)cc1C. The molecule has 9 nitrogen and oxygen atoms in total. The summed E-state index contributed by atoms with van der Waals surface area (Å²) in [5, 5.41) is 2.37. The number of pyridine rings is 3. The Morgan fingerprint density at radius 3 is 1.45 bits per heavy atom. The Morgan fingerprint density at radius 1 is 0.534 bits per heavy atom. The molecule has 0 unspecified atom stereocenters.